The van der Waals surface area contributed by atoms with Crippen LogP contribution < -0.4 is 10.6 Å². The van der Waals surface area contributed by atoms with E-state index in [9.17, 15) is 10.5 Å². The van der Waals surface area contributed by atoms with Crippen LogP contribution in [0.25, 0.3) is 0 Å². The molecule has 0 aromatic heterocycles. The van der Waals surface area contributed by atoms with Crippen LogP contribution in [-0.2, 0) is 0 Å². The second-order valence-electron chi connectivity index (χ2n) is 8.95. The van der Waals surface area contributed by atoms with Gasteiger partial charge < -0.3 is 10.6 Å². The Bertz CT molecular complexity index is 491. The molecule has 2 unspecified atom stereocenters. The monoisotopic (exact) mass is 362 g/mol. The number of azo groups is 1. The molecule has 0 bridgehead atoms. The normalized spacial score (nSPS) is 17.3. The van der Waals surface area contributed by atoms with Gasteiger partial charge in [-0.05, 0) is 67.5 Å². The fourth-order valence-corrected chi connectivity index (χ4v) is 3.19. The van der Waals surface area contributed by atoms with Crippen LogP contribution in [0.5, 0.6) is 0 Å². The molecule has 0 aliphatic rings. The van der Waals surface area contributed by atoms with Gasteiger partial charge in [0.1, 0.15) is 0 Å². The molecule has 2 atom stereocenters. The number of nitriles is 2. The molecule has 2 N–H and O–H groups in total. The van der Waals surface area contributed by atoms with Crippen molar-refractivity contribution in [2.75, 3.05) is 13.1 Å². The first-order valence-corrected chi connectivity index (χ1v) is 9.63. The zero-order chi connectivity index (χ0) is 20.5. The highest BCUT2D eigenvalue weighted by Crippen LogP contribution is 2.28. The van der Waals surface area contributed by atoms with Crippen LogP contribution in [-0.4, -0.2) is 35.2 Å². The minimum absolute atomic E-state index is 0.232. The van der Waals surface area contributed by atoms with Crippen LogP contribution in [0.1, 0.15) is 81.1 Å². The van der Waals surface area contributed by atoms with Crippen molar-refractivity contribution >= 4 is 0 Å². The molecule has 6 heteroatoms. The third-order valence-corrected chi connectivity index (χ3v) is 4.25. The van der Waals surface area contributed by atoms with Gasteiger partial charge in [0.05, 0.1) is 12.1 Å². The highest BCUT2D eigenvalue weighted by Gasteiger charge is 2.36. The van der Waals surface area contributed by atoms with Gasteiger partial charge in [-0.25, -0.2) is 0 Å². The average Bonchev–Trinajstić information content (AvgIpc) is 2.56. The van der Waals surface area contributed by atoms with E-state index < -0.39 is 11.1 Å². The van der Waals surface area contributed by atoms with Gasteiger partial charge in [-0.15, -0.1) is 0 Å². The summed E-state index contributed by atoms with van der Waals surface area (Å²) >= 11 is 0. The molecule has 0 rings (SSSR count). The fraction of sp³-hybridized carbons (Fsp3) is 0.900. The highest BCUT2D eigenvalue weighted by molar-refractivity contribution is 5.11. The lowest BCUT2D eigenvalue weighted by atomic mass is 9.86. The number of rotatable bonds is 12. The molecule has 0 aromatic rings. The van der Waals surface area contributed by atoms with Crippen molar-refractivity contribution in [2.24, 2.45) is 10.2 Å². The van der Waals surface area contributed by atoms with E-state index in [4.69, 9.17) is 0 Å². The van der Waals surface area contributed by atoms with E-state index in [0.29, 0.717) is 12.8 Å². The third kappa shape index (κ3) is 9.27. The highest BCUT2D eigenvalue weighted by atomic mass is 15.2. The van der Waals surface area contributed by atoms with E-state index >= 15 is 0 Å². The SMILES string of the molecule is CCCNC(C)(C)CC(C)(C#N)/N=N/C(C)(C#N)CC(C)(C)NCCC. The van der Waals surface area contributed by atoms with Crippen molar-refractivity contribution in [3.63, 3.8) is 0 Å². The van der Waals surface area contributed by atoms with Crippen LogP contribution in [0.3, 0.4) is 0 Å². The number of hydrogen-bond acceptors (Lipinski definition) is 6. The van der Waals surface area contributed by atoms with E-state index in [0.717, 1.165) is 25.9 Å². The summed E-state index contributed by atoms with van der Waals surface area (Å²) in [5.41, 5.74) is -2.40. The van der Waals surface area contributed by atoms with Crippen molar-refractivity contribution in [3.8, 4) is 12.1 Å². The second-order valence-corrected chi connectivity index (χ2v) is 8.95. The van der Waals surface area contributed by atoms with Crippen molar-refractivity contribution in [2.45, 2.75) is 103 Å². The summed E-state index contributed by atoms with van der Waals surface area (Å²) in [7, 11) is 0. The van der Waals surface area contributed by atoms with Gasteiger partial charge in [0.2, 0.25) is 0 Å². The number of nitrogens with zero attached hydrogens (tertiary/aromatic N) is 4. The van der Waals surface area contributed by atoms with Crippen LogP contribution in [0, 0.1) is 22.7 Å². The molecule has 0 aliphatic heterocycles. The molecule has 6 nitrogen and oxygen atoms in total. The molecule has 26 heavy (non-hydrogen) atoms. The Morgan fingerprint density at radius 2 is 1.00 bits per heavy atom. The molecule has 0 aliphatic carbocycles. The number of hydrogen-bond donors (Lipinski definition) is 2. The molecule has 0 heterocycles. The Hall–Kier alpha value is -1.50. The predicted molar refractivity (Wildman–Crippen MR) is 107 cm³/mol. The Morgan fingerprint density at radius 1 is 0.692 bits per heavy atom. The number of nitrogens with one attached hydrogen (secondary N) is 2. The average molecular weight is 363 g/mol. The minimum Gasteiger partial charge on any atom is -0.312 e. The lowest BCUT2D eigenvalue weighted by Gasteiger charge is -2.33. The standard InChI is InChI=1S/C20H38N6/c1-9-11-23-17(3,4)13-19(7,15-21)25-26-20(8,16-22)14-18(5,6)24-12-10-2/h23-24H,9-14H2,1-8H3/b26-25+. The van der Waals surface area contributed by atoms with Crippen molar-refractivity contribution in [1.29, 1.82) is 10.5 Å². The van der Waals surface area contributed by atoms with Crippen molar-refractivity contribution in [3.05, 3.63) is 0 Å². The molecule has 0 fully saturated rings. The first-order chi connectivity index (χ1) is 11.9. The zero-order valence-electron chi connectivity index (χ0n) is 18.0. The van der Waals surface area contributed by atoms with E-state index in [-0.39, 0.29) is 11.1 Å². The second kappa shape index (κ2) is 10.00. The molecule has 0 spiro atoms. The third-order valence-electron chi connectivity index (χ3n) is 4.25. The van der Waals surface area contributed by atoms with Crippen molar-refractivity contribution < 1.29 is 0 Å². The molecule has 0 radical (unpaired) electrons. The van der Waals surface area contributed by atoms with E-state index in [1.165, 1.54) is 0 Å². The van der Waals surface area contributed by atoms with Crippen LogP contribution in [0.4, 0.5) is 0 Å². The van der Waals surface area contributed by atoms with E-state index in [1.807, 2.05) is 0 Å². The zero-order valence-corrected chi connectivity index (χ0v) is 18.0. The summed E-state index contributed by atoms with van der Waals surface area (Å²) in [6, 6.07) is 4.56. The summed E-state index contributed by atoms with van der Waals surface area (Å²) in [5, 5.41) is 34.9. The lowest BCUT2D eigenvalue weighted by molar-refractivity contribution is 0.284. The first kappa shape index (κ1) is 24.5. The quantitative estimate of drug-likeness (QED) is 0.505. The van der Waals surface area contributed by atoms with Gasteiger partial charge in [-0.3, -0.25) is 0 Å². The Labute approximate surface area is 160 Å². The Balaban J connectivity index is 5.28. The Morgan fingerprint density at radius 3 is 1.23 bits per heavy atom. The van der Waals surface area contributed by atoms with Gasteiger partial charge >= 0.3 is 0 Å². The Kier molecular flexibility index (Phi) is 9.42. The molecular formula is C20H38N6. The lowest BCUT2D eigenvalue weighted by Crippen LogP contribution is -2.46. The summed E-state index contributed by atoms with van der Waals surface area (Å²) in [6.07, 6.45) is 3.11. The van der Waals surface area contributed by atoms with Crippen LogP contribution >= 0.6 is 0 Å². The smallest absolute Gasteiger partial charge is 0.166 e. The van der Waals surface area contributed by atoms with Gasteiger partial charge in [0, 0.05) is 23.9 Å². The summed E-state index contributed by atoms with van der Waals surface area (Å²) in [5.74, 6) is 0. The fourth-order valence-electron chi connectivity index (χ4n) is 3.19. The largest absolute Gasteiger partial charge is 0.312 e. The van der Waals surface area contributed by atoms with E-state index in [1.54, 1.807) is 13.8 Å². The maximum absolute atomic E-state index is 9.67. The topological polar surface area (TPSA) is 96.4 Å². The maximum atomic E-state index is 9.67. The van der Waals surface area contributed by atoms with E-state index in [2.05, 4.69) is 74.5 Å². The molecule has 0 amide bonds. The molecule has 0 saturated carbocycles. The minimum atomic E-state index is -0.969. The molecule has 148 valence electrons. The molecule has 0 saturated heterocycles. The van der Waals surface area contributed by atoms with Crippen LogP contribution in [0.2, 0.25) is 0 Å². The predicted octanol–water partition coefficient (Wildman–Crippen LogP) is 4.34. The van der Waals surface area contributed by atoms with Gasteiger partial charge in [0.15, 0.2) is 11.1 Å². The van der Waals surface area contributed by atoms with Crippen molar-refractivity contribution in [1.82, 2.24) is 10.6 Å². The van der Waals surface area contributed by atoms with Gasteiger partial charge in [-0.1, -0.05) is 13.8 Å². The maximum Gasteiger partial charge on any atom is 0.166 e. The van der Waals surface area contributed by atoms with Gasteiger partial charge in [0.25, 0.3) is 0 Å². The van der Waals surface area contributed by atoms with Gasteiger partial charge in [-0.2, -0.15) is 20.8 Å². The summed E-state index contributed by atoms with van der Waals surface area (Å²) in [4.78, 5) is 0. The van der Waals surface area contributed by atoms with Crippen LogP contribution in [0.15, 0.2) is 10.2 Å². The first-order valence-electron chi connectivity index (χ1n) is 9.63. The molecular weight excluding hydrogens is 324 g/mol. The molecule has 0 aromatic carbocycles. The summed E-state index contributed by atoms with van der Waals surface area (Å²) < 4.78 is 0. The summed E-state index contributed by atoms with van der Waals surface area (Å²) in [6.45, 7) is 17.8.